The van der Waals surface area contributed by atoms with E-state index in [-0.39, 0.29) is 16.8 Å². The number of aromatic amines is 1. The molecule has 0 saturated carbocycles. The normalized spacial score (nSPS) is 15.1. The molecule has 0 aliphatic carbocycles. The Morgan fingerprint density at radius 2 is 1.45 bits per heavy atom. The van der Waals surface area contributed by atoms with E-state index < -0.39 is 35.0 Å². The van der Waals surface area contributed by atoms with Gasteiger partial charge < -0.3 is 14.6 Å². The smallest absolute Gasteiger partial charge is 0.335 e. The molecule has 0 spiro atoms. The molecule has 1 aromatic heterocycles. The summed E-state index contributed by atoms with van der Waals surface area (Å²) in [6, 6.07) is 11.5. The van der Waals surface area contributed by atoms with Crippen LogP contribution in [0.5, 0.6) is 17.4 Å². The predicted octanol–water partition coefficient (Wildman–Crippen LogP) is 2.42. The van der Waals surface area contributed by atoms with E-state index >= 15 is 0 Å². The number of nitrogens with zero attached hydrogens (tertiary/aromatic N) is 2. The maximum atomic E-state index is 13.0. The standard InChI is InChI=1S/C28H24N4O8/c1-16(4-14-21-23(33)29-27(37)31(25(21)35)17-6-10-19(39-2)11-7-17)5-15-22-24(34)30-28(38)32(26(22)36)18-8-12-20(40-3)13-9-18/h4-15,35H,1-3H3,(H,29,33,37)(H,30,34,38)/b14-4+,16-5+,22-15-. The minimum atomic E-state index is -0.889. The van der Waals surface area contributed by atoms with Crippen LogP contribution in [-0.4, -0.2) is 46.7 Å². The second kappa shape index (κ2) is 11.4. The van der Waals surface area contributed by atoms with E-state index in [2.05, 4.69) is 10.3 Å². The molecule has 2 aromatic carbocycles. The first kappa shape index (κ1) is 27.4. The largest absolute Gasteiger partial charge is 0.497 e. The second-order valence-corrected chi connectivity index (χ2v) is 8.45. The number of aromatic nitrogens is 2. The fourth-order valence-corrected chi connectivity index (χ4v) is 3.79. The van der Waals surface area contributed by atoms with Gasteiger partial charge in [-0.25, -0.2) is 19.1 Å². The van der Waals surface area contributed by atoms with Crippen LogP contribution in [0.3, 0.4) is 0 Å². The summed E-state index contributed by atoms with van der Waals surface area (Å²) in [6.07, 6.45) is 5.40. The van der Waals surface area contributed by atoms with Crippen molar-refractivity contribution < 1.29 is 29.0 Å². The zero-order valence-electron chi connectivity index (χ0n) is 21.6. The van der Waals surface area contributed by atoms with Crippen molar-refractivity contribution in [1.29, 1.82) is 0 Å². The number of methoxy groups -OCH3 is 2. The molecule has 1 aliphatic heterocycles. The number of imide groups is 2. The molecule has 1 aliphatic rings. The van der Waals surface area contributed by atoms with E-state index in [0.29, 0.717) is 22.8 Å². The van der Waals surface area contributed by atoms with E-state index in [1.54, 1.807) is 31.2 Å². The van der Waals surface area contributed by atoms with Gasteiger partial charge in [-0.2, -0.15) is 0 Å². The van der Waals surface area contributed by atoms with Crippen molar-refractivity contribution >= 4 is 29.6 Å². The van der Waals surface area contributed by atoms with Crippen LogP contribution >= 0.6 is 0 Å². The van der Waals surface area contributed by atoms with Gasteiger partial charge in [-0.1, -0.05) is 17.7 Å². The Morgan fingerprint density at radius 3 is 2.02 bits per heavy atom. The molecule has 3 N–H and O–H groups in total. The lowest BCUT2D eigenvalue weighted by Crippen LogP contribution is -2.54. The number of carbonyl (C=O) groups is 3. The third kappa shape index (κ3) is 5.45. The van der Waals surface area contributed by atoms with Gasteiger partial charge in [0.05, 0.1) is 25.6 Å². The molecule has 2 heterocycles. The number of anilines is 1. The van der Waals surface area contributed by atoms with Gasteiger partial charge in [0.2, 0.25) is 5.88 Å². The van der Waals surface area contributed by atoms with E-state index in [1.807, 2.05) is 0 Å². The number of H-pyrrole nitrogens is 1. The molecular formula is C28H24N4O8. The maximum Gasteiger partial charge on any atom is 0.335 e. The lowest BCUT2D eigenvalue weighted by Gasteiger charge is -2.26. The number of amides is 4. The Hall–Kier alpha value is -5.65. The summed E-state index contributed by atoms with van der Waals surface area (Å²) in [5, 5.41) is 12.9. The number of hydrogen-bond acceptors (Lipinski definition) is 8. The first-order valence-electron chi connectivity index (χ1n) is 11.8. The number of ether oxygens (including phenoxy) is 2. The van der Waals surface area contributed by atoms with Crippen LogP contribution in [-0.2, 0) is 9.59 Å². The number of rotatable bonds is 7. The molecule has 0 unspecified atom stereocenters. The van der Waals surface area contributed by atoms with Crippen LogP contribution < -0.4 is 30.9 Å². The Kier molecular flexibility index (Phi) is 7.80. The van der Waals surface area contributed by atoms with Gasteiger partial charge >= 0.3 is 11.7 Å². The molecule has 0 atom stereocenters. The maximum absolute atomic E-state index is 13.0. The number of hydrogen-bond donors (Lipinski definition) is 3. The molecule has 0 bridgehead atoms. The minimum Gasteiger partial charge on any atom is -0.497 e. The van der Waals surface area contributed by atoms with E-state index in [9.17, 15) is 29.1 Å². The summed E-state index contributed by atoms with van der Waals surface area (Å²) in [5.74, 6) is -1.22. The van der Waals surface area contributed by atoms with Gasteiger partial charge in [-0.05, 0) is 67.6 Å². The summed E-state index contributed by atoms with van der Waals surface area (Å²) in [6.45, 7) is 1.62. The molecule has 0 radical (unpaired) electrons. The number of aromatic hydroxyl groups is 1. The Balaban J connectivity index is 1.62. The van der Waals surface area contributed by atoms with Gasteiger partial charge in [0, 0.05) is 0 Å². The lowest BCUT2D eigenvalue weighted by molar-refractivity contribution is -0.122. The number of barbiturate groups is 1. The van der Waals surface area contributed by atoms with Gasteiger partial charge in [-0.15, -0.1) is 0 Å². The molecule has 204 valence electrons. The van der Waals surface area contributed by atoms with Crippen molar-refractivity contribution in [3.63, 3.8) is 0 Å². The highest BCUT2D eigenvalue weighted by Gasteiger charge is 2.36. The molecule has 12 heteroatoms. The Bertz CT molecular complexity index is 1690. The average molecular weight is 545 g/mol. The molecule has 40 heavy (non-hydrogen) atoms. The monoisotopic (exact) mass is 544 g/mol. The third-order valence-electron chi connectivity index (χ3n) is 5.91. The number of nitrogens with one attached hydrogen (secondary N) is 2. The fraction of sp³-hybridized carbons (Fsp3) is 0.107. The zero-order valence-corrected chi connectivity index (χ0v) is 21.6. The fourth-order valence-electron chi connectivity index (χ4n) is 3.79. The van der Waals surface area contributed by atoms with Crippen molar-refractivity contribution in [3.05, 3.63) is 104 Å². The van der Waals surface area contributed by atoms with Crippen LogP contribution in [0, 0.1) is 0 Å². The lowest BCUT2D eigenvalue weighted by atomic mass is 10.1. The number of urea groups is 1. The van der Waals surface area contributed by atoms with Gasteiger partial charge in [0.25, 0.3) is 17.4 Å². The summed E-state index contributed by atoms with van der Waals surface area (Å²) in [5.41, 5.74) is -1.13. The molecular weight excluding hydrogens is 520 g/mol. The quantitative estimate of drug-likeness (QED) is 0.232. The van der Waals surface area contributed by atoms with Crippen LogP contribution in [0.15, 0.2) is 87.5 Å². The number of benzene rings is 2. The summed E-state index contributed by atoms with van der Waals surface area (Å²) < 4.78 is 11.1. The van der Waals surface area contributed by atoms with Gasteiger partial charge in [0.1, 0.15) is 22.6 Å². The van der Waals surface area contributed by atoms with Crippen LogP contribution in [0.25, 0.3) is 11.8 Å². The first-order chi connectivity index (χ1) is 19.1. The van der Waals surface area contributed by atoms with Crippen molar-refractivity contribution in [2.24, 2.45) is 0 Å². The summed E-state index contributed by atoms with van der Waals surface area (Å²) in [4.78, 5) is 65.6. The predicted molar refractivity (Wildman–Crippen MR) is 146 cm³/mol. The average Bonchev–Trinajstić information content (AvgIpc) is 2.93. The number of allylic oxidation sites excluding steroid dienone is 4. The molecule has 4 rings (SSSR count). The molecule has 1 fully saturated rings. The van der Waals surface area contributed by atoms with Crippen LogP contribution in [0.4, 0.5) is 10.5 Å². The van der Waals surface area contributed by atoms with Crippen LogP contribution in [0.2, 0.25) is 0 Å². The highest BCUT2D eigenvalue weighted by Crippen LogP contribution is 2.24. The van der Waals surface area contributed by atoms with Gasteiger partial charge in [-0.3, -0.25) is 24.7 Å². The minimum absolute atomic E-state index is 0.196. The van der Waals surface area contributed by atoms with E-state index in [4.69, 9.17) is 9.47 Å². The number of carbonyl (C=O) groups excluding carboxylic acids is 3. The highest BCUT2D eigenvalue weighted by atomic mass is 16.5. The first-order valence-corrected chi connectivity index (χ1v) is 11.8. The third-order valence-corrected chi connectivity index (χ3v) is 5.91. The summed E-state index contributed by atoms with van der Waals surface area (Å²) >= 11 is 0. The second-order valence-electron chi connectivity index (χ2n) is 8.45. The van der Waals surface area contributed by atoms with Crippen molar-refractivity contribution in [2.45, 2.75) is 6.92 Å². The van der Waals surface area contributed by atoms with Crippen molar-refractivity contribution in [2.75, 3.05) is 19.1 Å². The Morgan fingerprint density at radius 1 is 0.875 bits per heavy atom. The molecule has 12 nitrogen and oxygen atoms in total. The summed E-state index contributed by atoms with van der Waals surface area (Å²) in [7, 11) is 2.96. The van der Waals surface area contributed by atoms with Crippen molar-refractivity contribution in [1.82, 2.24) is 14.9 Å². The van der Waals surface area contributed by atoms with E-state index in [1.165, 1.54) is 62.8 Å². The topological polar surface area (TPSA) is 160 Å². The highest BCUT2D eigenvalue weighted by molar-refractivity contribution is 6.37. The molecule has 4 amide bonds. The van der Waals surface area contributed by atoms with Crippen LogP contribution in [0.1, 0.15) is 12.5 Å². The molecule has 1 saturated heterocycles. The Labute approximate surface area is 227 Å². The zero-order chi connectivity index (χ0) is 29.0. The molecule has 3 aromatic rings. The van der Waals surface area contributed by atoms with Gasteiger partial charge in [0.15, 0.2) is 0 Å². The SMILES string of the molecule is COc1ccc(N2C(=O)NC(=O)/C(=C/C=C(C)/C=C/c3c(O)n(-c4ccc(OC)cc4)c(=O)[nH]c3=O)C2=O)cc1. The van der Waals surface area contributed by atoms with Crippen molar-refractivity contribution in [3.8, 4) is 23.1 Å². The van der Waals surface area contributed by atoms with E-state index in [0.717, 1.165) is 9.47 Å².